The van der Waals surface area contributed by atoms with Gasteiger partial charge in [-0.15, -0.1) is 0 Å². The zero-order valence-electron chi connectivity index (χ0n) is 12.9. The van der Waals surface area contributed by atoms with Crippen LogP contribution in [0.4, 0.5) is 4.79 Å². The normalized spacial score (nSPS) is 15.3. The van der Waals surface area contributed by atoms with Gasteiger partial charge >= 0.3 is 6.09 Å². The molecule has 0 aliphatic carbocycles. The molecule has 1 N–H and O–H groups in total. The summed E-state index contributed by atoms with van der Waals surface area (Å²) in [5, 5.41) is 2.74. The molecule has 0 radical (unpaired) electrons. The molecule has 3 rings (SSSR count). The van der Waals surface area contributed by atoms with Crippen molar-refractivity contribution in [1.82, 2.24) is 10.3 Å². The number of ether oxygens (including phenoxy) is 2. The first-order valence-corrected chi connectivity index (χ1v) is 7.77. The maximum atomic E-state index is 11.7. The van der Waals surface area contributed by atoms with Crippen molar-refractivity contribution < 1.29 is 18.7 Å². The first-order valence-electron chi connectivity index (χ1n) is 7.77. The summed E-state index contributed by atoms with van der Waals surface area (Å²) < 4.78 is 15.6. The lowest BCUT2D eigenvalue weighted by Gasteiger charge is -2.21. The molecule has 23 heavy (non-hydrogen) atoms. The molecule has 6 heteroatoms. The Balaban J connectivity index is 1.41. The Morgan fingerprint density at radius 2 is 2.17 bits per heavy atom. The van der Waals surface area contributed by atoms with Crippen LogP contribution in [-0.4, -0.2) is 30.9 Å². The number of nitrogens with zero attached hydrogens (tertiary/aromatic N) is 1. The first kappa shape index (κ1) is 15.6. The second-order valence-electron chi connectivity index (χ2n) is 5.57. The first-order chi connectivity index (χ1) is 11.3. The van der Waals surface area contributed by atoms with E-state index in [1.54, 1.807) is 18.7 Å². The molecular weight excluding hydrogens is 296 g/mol. The summed E-state index contributed by atoms with van der Waals surface area (Å²) >= 11 is 0. The van der Waals surface area contributed by atoms with Gasteiger partial charge in [-0.2, -0.15) is 0 Å². The second-order valence-corrected chi connectivity index (χ2v) is 5.57. The summed E-state index contributed by atoms with van der Waals surface area (Å²) in [7, 11) is 0. The third kappa shape index (κ3) is 4.56. The van der Waals surface area contributed by atoms with Crippen LogP contribution in [0.15, 0.2) is 41.3 Å². The molecule has 0 spiro atoms. The lowest BCUT2D eigenvalue weighted by atomic mass is 10.0. The van der Waals surface area contributed by atoms with E-state index in [0.29, 0.717) is 19.1 Å². The van der Waals surface area contributed by atoms with Crippen LogP contribution in [0, 0.1) is 5.92 Å². The third-order valence-corrected chi connectivity index (χ3v) is 3.87. The number of carbonyl (C=O) groups is 1. The molecule has 2 aromatic heterocycles. The number of carbonyl (C=O) groups excluding carboxylic acids is 1. The topological polar surface area (TPSA) is 73.6 Å². The van der Waals surface area contributed by atoms with Crippen molar-refractivity contribution in [1.29, 1.82) is 0 Å². The fourth-order valence-corrected chi connectivity index (χ4v) is 2.44. The van der Waals surface area contributed by atoms with E-state index in [9.17, 15) is 4.79 Å². The van der Waals surface area contributed by atoms with E-state index in [1.807, 2.05) is 18.2 Å². The van der Waals surface area contributed by atoms with Crippen LogP contribution in [0.2, 0.25) is 0 Å². The number of hydrogen-bond acceptors (Lipinski definition) is 5. The third-order valence-electron chi connectivity index (χ3n) is 3.87. The van der Waals surface area contributed by atoms with Crippen LogP contribution >= 0.6 is 0 Å². The Hall–Kier alpha value is -2.34. The summed E-state index contributed by atoms with van der Waals surface area (Å²) in [6, 6.07) is 5.68. The number of alkyl carbamates (subject to hydrolysis) is 1. The fourth-order valence-electron chi connectivity index (χ4n) is 2.44. The van der Waals surface area contributed by atoms with E-state index in [2.05, 4.69) is 10.3 Å². The van der Waals surface area contributed by atoms with Gasteiger partial charge in [0.2, 0.25) is 0 Å². The number of pyridine rings is 1. The minimum Gasteiger partial charge on any atom is -0.472 e. The summed E-state index contributed by atoms with van der Waals surface area (Å²) in [5.74, 6) is 0.408. The molecule has 0 aromatic carbocycles. The van der Waals surface area contributed by atoms with E-state index >= 15 is 0 Å². The summed E-state index contributed by atoms with van der Waals surface area (Å²) in [5.41, 5.74) is 2.69. The van der Waals surface area contributed by atoms with Crippen LogP contribution in [0.1, 0.15) is 18.4 Å². The highest BCUT2D eigenvalue weighted by Crippen LogP contribution is 2.17. The Labute approximate surface area is 134 Å². The van der Waals surface area contributed by atoms with Crippen molar-refractivity contribution in [3.63, 3.8) is 0 Å². The van der Waals surface area contributed by atoms with Crippen LogP contribution in [0.5, 0.6) is 0 Å². The molecular formula is C17H20N2O4. The summed E-state index contributed by atoms with van der Waals surface area (Å²) in [6.07, 6.45) is 6.50. The molecule has 1 aliphatic rings. The maximum absolute atomic E-state index is 11.7. The van der Waals surface area contributed by atoms with Gasteiger partial charge in [0.1, 0.15) is 0 Å². The van der Waals surface area contributed by atoms with Crippen LogP contribution in [0.3, 0.4) is 0 Å². The van der Waals surface area contributed by atoms with Gasteiger partial charge in [0.15, 0.2) is 0 Å². The number of nitrogens with one attached hydrogen (secondary N) is 1. The van der Waals surface area contributed by atoms with Gasteiger partial charge in [0, 0.05) is 31.5 Å². The number of rotatable bonds is 5. The fraction of sp³-hybridized carbons (Fsp3) is 0.412. The van der Waals surface area contributed by atoms with Crippen molar-refractivity contribution in [3.05, 3.63) is 42.5 Å². The van der Waals surface area contributed by atoms with Crippen molar-refractivity contribution in [2.75, 3.05) is 19.8 Å². The summed E-state index contributed by atoms with van der Waals surface area (Å²) in [4.78, 5) is 16.1. The van der Waals surface area contributed by atoms with Gasteiger partial charge < -0.3 is 19.2 Å². The Morgan fingerprint density at radius 1 is 1.30 bits per heavy atom. The number of aromatic nitrogens is 1. The van der Waals surface area contributed by atoms with Gasteiger partial charge in [0.25, 0.3) is 0 Å². The largest absolute Gasteiger partial charge is 0.472 e. The molecule has 1 fully saturated rings. The highest BCUT2D eigenvalue weighted by Gasteiger charge is 2.15. The van der Waals surface area contributed by atoms with Gasteiger partial charge in [-0.1, -0.05) is 6.07 Å². The maximum Gasteiger partial charge on any atom is 0.407 e. The van der Waals surface area contributed by atoms with E-state index in [1.165, 1.54) is 0 Å². The molecule has 3 heterocycles. The average Bonchev–Trinajstić information content (AvgIpc) is 3.14. The smallest absolute Gasteiger partial charge is 0.407 e. The predicted octanol–water partition coefficient (Wildman–Crippen LogP) is 2.99. The van der Waals surface area contributed by atoms with Crippen LogP contribution < -0.4 is 5.32 Å². The highest BCUT2D eigenvalue weighted by molar-refractivity contribution is 5.67. The van der Waals surface area contributed by atoms with Crippen molar-refractivity contribution in [2.45, 2.75) is 19.4 Å². The van der Waals surface area contributed by atoms with Gasteiger partial charge in [0.05, 0.1) is 24.8 Å². The predicted molar refractivity (Wildman–Crippen MR) is 83.7 cm³/mol. The molecule has 1 amide bonds. The minimum atomic E-state index is -0.393. The summed E-state index contributed by atoms with van der Waals surface area (Å²) in [6.45, 7) is 2.35. The number of furan rings is 1. The van der Waals surface area contributed by atoms with Gasteiger partial charge in [-0.05, 0) is 36.5 Å². The minimum absolute atomic E-state index is 0.393. The van der Waals surface area contributed by atoms with Crippen molar-refractivity contribution in [2.24, 2.45) is 5.92 Å². The monoisotopic (exact) mass is 316 g/mol. The quantitative estimate of drug-likeness (QED) is 0.918. The van der Waals surface area contributed by atoms with Crippen LogP contribution in [-0.2, 0) is 16.0 Å². The van der Waals surface area contributed by atoms with E-state index in [-0.39, 0.29) is 0 Å². The van der Waals surface area contributed by atoms with Crippen LogP contribution in [0.25, 0.3) is 11.3 Å². The molecule has 1 saturated heterocycles. The molecule has 1 aliphatic heterocycles. The molecule has 122 valence electrons. The number of amides is 1. The molecule has 2 aromatic rings. The Kier molecular flexibility index (Phi) is 5.26. The van der Waals surface area contributed by atoms with E-state index < -0.39 is 6.09 Å². The Bertz CT molecular complexity index is 604. The Morgan fingerprint density at radius 3 is 2.87 bits per heavy atom. The average molecular weight is 316 g/mol. The zero-order chi connectivity index (χ0) is 15.9. The van der Waals surface area contributed by atoms with Crippen molar-refractivity contribution >= 4 is 6.09 Å². The lowest BCUT2D eigenvalue weighted by Crippen LogP contribution is -2.28. The van der Waals surface area contributed by atoms with E-state index in [4.69, 9.17) is 13.9 Å². The lowest BCUT2D eigenvalue weighted by molar-refractivity contribution is 0.0379. The molecule has 0 saturated carbocycles. The second kappa shape index (κ2) is 7.78. The molecule has 0 bridgehead atoms. The SMILES string of the molecule is O=C(NCc1ccc(-c2ccoc2)nc1)OCC1CCOCC1. The van der Waals surface area contributed by atoms with Gasteiger partial charge in [-0.3, -0.25) is 4.98 Å². The van der Waals surface area contributed by atoms with E-state index in [0.717, 1.165) is 42.9 Å². The highest BCUT2D eigenvalue weighted by atomic mass is 16.5. The standard InChI is InChI=1S/C17H20N2O4/c20-17(23-11-13-3-6-21-7-4-13)19-10-14-1-2-16(18-9-14)15-5-8-22-12-15/h1-2,5,8-9,12-13H,3-4,6-7,10-11H2,(H,19,20). The number of hydrogen-bond donors (Lipinski definition) is 1. The van der Waals surface area contributed by atoms with Gasteiger partial charge in [-0.25, -0.2) is 4.79 Å². The van der Waals surface area contributed by atoms with Crippen molar-refractivity contribution in [3.8, 4) is 11.3 Å². The zero-order valence-corrected chi connectivity index (χ0v) is 12.9. The molecule has 0 atom stereocenters. The molecule has 0 unspecified atom stereocenters. The molecule has 6 nitrogen and oxygen atoms in total.